The third kappa shape index (κ3) is 5.51. The third-order valence-electron chi connectivity index (χ3n) is 2.95. The average Bonchev–Trinajstić information content (AvgIpc) is 2.43. The maximum atomic E-state index is 12.8. The van der Waals surface area contributed by atoms with Crippen molar-refractivity contribution in [3.05, 3.63) is 30.1 Å². The molecule has 20 heavy (non-hydrogen) atoms. The van der Waals surface area contributed by atoms with Crippen LogP contribution in [0.15, 0.2) is 29.2 Å². The topological polar surface area (TPSA) is 46.5 Å². The van der Waals surface area contributed by atoms with Gasteiger partial charge >= 0.3 is 5.97 Å². The van der Waals surface area contributed by atoms with Gasteiger partial charge in [-0.3, -0.25) is 0 Å². The van der Waals surface area contributed by atoms with E-state index in [2.05, 4.69) is 6.92 Å². The number of unbranched alkanes of at least 4 members (excludes halogenated alkanes) is 2. The number of aliphatic carboxylic acids is 1. The van der Waals surface area contributed by atoms with Gasteiger partial charge in [0.2, 0.25) is 0 Å². The van der Waals surface area contributed by atoms with Crippen molar-refractivity contribution in [1.82, 2.24) is 0 Å². The van der Waals surface area contributed by atoms with Crippen LogP contribution in [0.5, 0.6) is 0 Å². The van der Waals surface area contributed by atoms with E-state index in [1.807, 2.05) is 0 Å². The van der Waals surface area contributed by atoms with Crippen molar-refractivity contribution in [2.45, 2.75) is 43.6 Å². The molecule has 1 aromatic rings. The molecule has 0 saturated heterocycles. The van der Waals surface area contributed by atoms with E-state index in [1.54, 1.807) is 19.1 Å². The lowest BCUT2D eigenvalue weighted by atomic mass is 10.1. The minimum atomic E-state index is -1.22. The smallest absolute Gasteiger partial charge is 0.336 e. The molecule has 0 aliphatic heterocycles. The van der Waals surface area contributed by atoms with Gasteiger partial charge in [0.1, 0.15) is 5.82 Å². The largest absolute Gasteiger partial charge is 0.479 e. The number of hydrogen-bond acceptors (Lipinski definition) is 3. The summed E-state index contributed by atoms with van der Waals surface area (Å²) in [6, 6.07) is 6.00. The molecule has 0 amide bonds. The molecule has 1 unspecified atom stereocenters. The zero-order chi connectivity index (χ0) is 15.0. The van der Waals surface area contributed by atoms with Crippen molar-refractivity contribution in [2.24, 2.45) is 0 Å². The molecular weight excluding hydrogens is 279 g/mol. The number of carboxylic acids is 1. The molecular formula is C15H21FO3S. The molecule has 0 aliphatic rings. The fourth-order valence-corrected chi connectivity index (χ4v) is 2.54. The van der Waals surface area contributed by atoms with Gasteiger partial charge in [-0.05, 0) is 37.6 Å². The number of carboxylic acid groups (broad SMARTS) is 1. The van der Waals surface area contributed by atoms with Gasteiger partial charge in [-0.1, -0.05) is 19.8 Å². The van der Waals surface area contributed by atoms with E-state index >= 15 is 0 Å². The maximum absolute atomic E-state index is 12.8. The maximum Gasteiger partial charge on any atom is 0.336 e. The molecule has 0 aliphatic carbocycles. The lowest BCUT2D eigenvalue weighted by Gasteiger charge is -2.25. The summed E-state index contributed by atoms with van der Waals surface area (Å²) in [6.07, 6.45) is 2.96. The van der Waals surface area contributed by atoms with E-state index in [1.165, 1.54) is 23.9 Å². The van der Waals surface area contributed by atoms with Crippen LogP contribution in [0, 0.1) is 5.82 Å². The fraction of sp³-hybridized carbons (Fsp3) is 0.533. The summed E-state index contributed by atoms with van der Waals surface area (Å²) in [7, 11) is 0. The molecule has 5 heteroatoms. The molecule has 0 fully saturated rings. The Balaban J connectivity index is 2.53. The van der Waals surface area contributed by atoms with Crippen molar-refractivity contribution in [1.29, 1.82) is 0 Å². The van der Waals surface area contributed by atoms with Crippen molar-refractivity contribution in [3.63, 3.8) is 0 Å². The van der Waals surface area contributed by atoms with Crippen LogP contribution < -0.4 is 0 Å². The second-order valence-electron chi connectivity index (χ2n) is 4.83. The third-order valence-corrected chi connectivity index (χ3v) is 4.25. The molecule has 1 atom stereocenters. The highest BCUT2D eigenvalue weighted by molar-refractivity contribution is 7.99. The lowest BCUT2D eigenvalue weighted by molar-refractivity contribution is -0.160. The van der Waals surface area contributed by atoms with E-state index in [0.29, 0.717) is 12.4 Å². The standard InChI is InChI=1S/C15H21FO3S/c1-3-4-5-10-19-15(2,14(17)18)11-20-13-8-6-12(16)7-9-13/h6-9H,3-5,10-11H2,1-2H3,(H,17,18). The highest BCUT2D eigenvalue weighted by Gasteiger charge is 2.34. The van der Waals surface area contributed by atoms with Gasteiger partial charge in [0, 0.05) is 17.3 Å². The molecule has 0 heterocycles. The van der Waals surface area contributed by atoms with Crippen LogP contribution in [0.2, 0.25) is 0 Å². The van der Waals surface area contributed by atoms with Crippen LogP contribution in [0.4, 0.5) is 4.39 Å². The molecule has 0 spiro atoms. The Labute approximate surface area is 123 Å². The zero-order valence-corrected chi connectivity index (χ0v) is 12.7. The molecule has 112 valence electrons. The SMILES string of the molecule is CCCCCOC(C)(CSc1ccc(F)cc1)C(=O)O. The molecule has 1 N–H and O–H groups in total. The predicted molar refractivity (Wildman–Crippen MR) is 78.6 cm³/mol. The van der Waals surface area contributed by atoms with Crippen LogP contribution in [0.25, 0.3) is 0 Å². The highest BCUT2D eigenvalue weighted by Crippen LogP contribution is 2.25. The number of hydrogen-bond donors (Lipinski definition) is 1. The molecule has 1 aromatic carbocycles. The number of rotatable bonds is 9. The second kappa shape index (κ2) is 8.27. The minimum absolute atomic E-state index is 0.292. The predicted octanol–water partition coefficient (Wildman–Crippen LogP) is 3.97. The summed E-state index contributed by atoms with van der Waals surface area (Å²) < 4.78 is 18.3. The normalized spacial score (nSPS) is 13.9. The van der Waals surface area contributed by atoms with Gasteiger partial charge in [-0.2, -0.15) is 0 Å². The molecule has 0 radical (unpaired) electrons. The minimum Gasteiger partial charge on any atom is -0.479 e. The Morgan fingerprint density at radius 3 is 2.55 bits per heavy atom. The zero-order valence-electron chi connectivity index (χ0n) is 11.9. The van der Waals surface area contributed by atoms with E-state index < -0.39 is 11.6 Å². The van der Waals surface area contributed by atoms with Crippen molar-refractivity contribution in [2.75, 3.05) is 12.4 Å². The van der Waals surface area contributed by atoms with E-state index in [0.717, 1.165) is 24.2 Å². The Morgan fingerprint density at radius 2 is 2.00 bits per heavy atom. The molecule has 0 bridgehead atoms. The number of thioether (sulfide) groups is 1. The Kier molecular flexibility index (Phi) is 7.02. The van der Waals surface area contributed by atoms with Gasteiger partial charge in [-0.25, -0.2) is 9.18 Å². The second-order valence-corrected chi connectivity index (χ2v) is 5.88. The quantitative estimate of drug-likeness (QED) is 0.554. The summed E-state index contributed by atoms with van der Waals surface area (Å²) >= 11 is 1.36. The molecule has 3 nitrogen and oxygen atoms in total. The summed E-state index contributed by atoms with van der Waals surface area (Å²) in [5.41, 5.74) is -1.22. The number of ether oxygens (including phenoxy) is 1. The lowest BCUT2D eigenvalue weighted by Crippen LogP contribution is -2.41. The van der Waals surface area contributed by atoms with Gasteiger partial charge < -0.3 is 9.84 Å². The fourth-order valence-electron chi connectivity index (χ4n) is 1.57. The van der Waals surface area contributed by atoms with Crippen molar-refractivity contribution in [3.8, 4) is 0 Å². The van der Waals surface area contributed by atoms with Gasteiger partial charge in [0.25, 0.3) is 0 Å². The average molecular weight is 300 g/mol. The van der Waals surface area contributed by atoms with Crippen LogP contribution in [0.1, 0.15) is 33.1 Å². The number of halogens is 1. The summed E-state index contributed by atoms with van der Waals surface area (Å²) in [5.74, 6) is -0.977. The Morgan fingerprint density at radius 1 is 1.35 bits per heavy atom. The van der Waals surface area contributed by atoms with Crippen LogP contribution in [-0.2, 0) is 9.53 Å². The van der Waals surface area contributed by atoms with Crippen LogP contribution in [-0.4, -0.2) is 29.0 Å². The first-order valence-corrected chi connectivity index (χ1v) is 7.72. The first-order chi connectivity index (χ1) is 9.48. The number of carbonyl (C=O) groups is 1. The molecule has 0 aromatic heterocycles. The molecule has 0 saturated carbocycles. The van der Waals surface area contributed by atoms with Gasteiger partial charge in [0.15, 0.2) is 5.60 Å². The Hall–Kier alpha value is -1.07. The Bertz CT molecular complexity index is 422. The number of benzene rings is 1. The van der Waals surface area contributed by atoms with E-state index in [9.17, 15) is 14.3 Å². The molecule has 1 rings (SSSR count). The monoisotopic (exact) mass is 300 g/mol. The van der Waals surface area contributed by atoms with E-state index in [-0.39, 0.29) is 5.82 Å². The van der Waals surface area contributed by atoms with Gasteiger partial charge in [-0.15, -0.1) is 11.8 Å². The summed E-state index contributed by atoms with van der Waals surface area (Å²) in [5, 5.41) is 9.31. The van der Waals surface area contributed by atoms with Crippen LogP contribution in [0.3, 0.4) is 0 Å². The van der Waals surface area contributed by atoms with Gasteiger partial charge in [0.05, 0.1) is 0 Å². The van der Waals surface area contributed by atoms with E-state index in [4.69, 9.17) is 4.74 Å². The highest BCUT2D eigenvalue weighted by atomic mass is 32.2. The summed E-state index contributed by atoms with van der Waals surface area (Å²) in [6.45, 7) is 4.11. The summed E-state index contributed by atoms with van der Waals surface area (Å²) in [4.78, 5) is 12.2. The first kappa shape index (κ1) is 17.0. The van der Waals surface area contributed by atoms with Crippen LogP contribution >= 0.6 is 11.8 Å². The van der Waals surface area contributed by atoms with Crippen molar-refractivity contribution < 1.29 is 19.0 Å². The first-order valence-electron chi connectivity index (χ1n) is 6.73. The van der Waals surface area contributed by atoms with Crippen molar-refractivity contribution >= 4 is 17.7 Å².